The van der Waals surface area contributed by atoms with Crippen LogP contribution in [0.2, 0.25) is 5.02 Å². The van der Waals surface area contributed by atoms with Crippen LogP contribution in [0.15, 0.2) is 48.1 Å². The zero-order valence-corrected chi connectivity index (χ0v) is 21.8. The SMILES string of the molecule is CCC(CN(CC)S(C)(=O)=O)N1C(=O)C(CC(=O)O)OC(c2cccc(Cl)c2)C1C1=CCCC=C1. The number of benzene rings is 1. The van der Waals surface area contributed by atoms with Gasteiger partial charge in [0.1, 0.15) is 12.2 Å². The van der Waals surface area contributed by atoms with Crippen molar-refractivity contribution in [2.45, 2.75) is 63.8 Å². The summed E-state index contributed by atoms with van der Waals surface area (Å²) in [5.74, 6) is -1.60. The number of carboxylic acids is 1. The molecule has 1 heterocycles. The van der Waals surface area contributed by atoms with Gasteiger partial charge in [0.25, 0.3) is 5.91 Å². The molecule has 0 aromatic heterocycles. The summed E-state index contributed by atoms with van der Waals surface area (Å²) in [6.07, 6.45) is 6.99. The molecule has 1 aromatic rings. The number of nitrogens with zero attached hydrogens (tertiary/aromatic N) is 2. The molecule has 3 rings (SSSR count). The Hall–Kier alpha value is -2.20. The van der Waals surface area contributed by atoms with Gasteiger partial charge in [-0.05, 0) is 42.5 Å². The molecular weight excluding hydrogens is 492 g/mol. The lowest BCUT2D eigenvalue weighted by molar-refractivity contribution is -0.179. The number of halogens is 1. The van der Waals surface area contributed by atoms with Crippen molar-refractivity contribution in [1.82, 2.24) is 9.21 Å². The van der Waals surface area contributed by atoms with E-state index in [2.05, 4.69) is 6.08 Å². The van der Waals surface area contributed by atoms with E-state index in [0.29, 0.717) is 11.4 Å². The first kappa shape index (κ1) is 27.4. The molecule has 1 saturated heterocycles. The Morgan fingerprint density at radius 2 is 2.06 bits per heavy atom. The number of sulfonamides is 1. The summed E-state index contributed by atoms with van der Waals surface area (Å²) in [6.45, 7) is 4.01. The van der Waals surface area contributed by atoms with E-state index in [1.165, 1.54) is 4.31 Å². The molecule has 1 aromatic carbocycles. The minimum atomic E-state index is -3.50. The first-order chi connectivity index (χ1) is 16.6. The average molecular weight is 525 g/mol. The number of ether oxygens (including phenoxy) is 1. The minimum Gasteiger partial charge on any atom is -0.481 e. The molecule has 0 spiro atoms. The molecule has 1 aliphatic carbocycles. The molecule has 10 heteroatoms. The van der Waals surface area contributed by atoms with Gasteiger partial charge in [0, 0.05) is 24.2 Å². The number of hydrogen-bond donors (Lipinski definition) is 1. The summed E-state index contributed by atoms with van der Waals surface area (Å²) in [5, 5.41) is 9.99. The van der Waals surface area contributed by atoms with Crippen LogP contribution in [0.1, 0.15) is 51.2 Å². The van der Waals surface area contributed by atoms with E-state index < -0.39 is 52.6 Å². The summed E-state index contributed by atoms with van der Waals surface area (Å²) in [5.41, 5.74) is 1.60. The number of allylic oxidation sites excluding steroid dienone is 2. The number of carbonyl (C=O) groups excluding carboxylic acids is 1. The third-order valence-corrected chi connectivity index (χ3v) is 8.01. The number of morpholine rings is 1. The van der Waals surface area contributed by atoms with Gasteiger partial charge in [-0.2, -0.15) is 0 Å². The summed E-state index contributed by atoms with van der Waals surface area (Å²) >= 11 is 6.28. The Morgan fingerprint density at radius 1 is 1.31 bits per heavy atom. The van der Waals surface area contributed by atoms with Crippen molar-refractivity contribution in [1.29, 1.82) is 0 Å². The zero-order valence-electron chi connectivity index (χ0n) is 20.3. The monoisotopic (exact) mass is 524 g/mol. The maximum absolute atomic E-state index is 13.8. The fraction of sp³-hybridized carbons (Fsp3) is 0.520. The van der Waals surface area contributed by atoms with Crippen LogP contribution in [0.25, 0.3) is 0 Å². The highest BCUT2D eigenvalue weighted by Gasteiger charge is 2.48. The lowest BCUT2D eigenvalue weighted by Gasteiger charge is -2.49. The molecule has 4 unspecified atom stereocenters. The van der Waals surface area contributed by atoms with Crippen molar-refractivity contribution in [3.8, 4) is 0 Å². The van der Waals surface area contributed by atoms with E-state index in [4.69, 9.17) is 16.3 Å². The Kier molecular flexibility index (Phi) is 9.15. The van der Waals surface area contributed by atoms with E-state index >= 15 is 0 Å². The van der Waals surface area contributed by atoms with Gasteiger partial charge in [0.2, 0.25) is 10.0 Å². The lowest BCUT2D eigenvalue weighted by atomic mass is 9.87. The van der Waals surface area contributed by atoms with Gasteiger partial charge in [-0.3, -0.25) is 9.59 Å². The van der Waals surface area contributed by atoms with Gasteiger partial charge in [0.15, 0.2) is 0 Å². The van der Waals surface area contributed by atoms with Crippen molar-refractivity contribution < 1.29 is 27.9 Å². The topological polar surface area (TPSA) is 104 Å². The Morgan fingerprint density at radius 3 is 2.60 bits per heavy atom. The van der Waals surface area contributed by atoms with Crippen LogP contribution in [-0.2, 0) is 24.3 Å². The van der Waals surface area contributed by atoms with Gasteiger partial charge in [0.05, 0.1) is 18.7 Å². The summed E-state index contributed by atoms with van der Waals surface area (Å²) < 4.78 is 32.3. The van der Waals surface area contributed by atoms with E-state index in [9.17, 15) is 23.1 Å². The first-order valence-electron chi connectivity index (χ1n) is 11.8. The van der Waals surface area contributed by atoms with Crippen molar-refractivity contribution >= 4 is 33.5 Å². The van der Waals surface area contributed by atoms with Gasteiger partial charge < -0.3 is 14.7 Å². The highest BCUT2D eigenvalue weighted by atomic mass is 35.5. The molecule has 35 heavy (non-hydrogen) atoms. The largest absolute Gasteiger partial charge is 0.481 e. The van der Waals surface area contributed by atoms with Crippen LogP contribution in [0.3, 0.4) is 0 Å². The molecule has 192 valence electrons. The Balaban J connectivity index is 2.15. The molecule has 4 atom stereocenters. The predicted octanol–water partition coefficient (Wildman–Crippen LogP) is 3.79. The van der Waals surface area contributed by atoms with Crippen molar-refractivity contribution in [3.05, 3.63) is 58.7 Å². The zero-order chi connectivity index (χ0) is 25.8. The quantitative estimate of drug-likeness (QED) is 0.499. The Labute approximate surface area is 212 Å². The second-order valence-corrected chi connectivity index (χ2v) is 11.3. The maximum Gasteiger partial charge on any atom is 0.306 e. The first-order valence-corrected chi connectivity index (χ1v) is 14.1. The number of rotatable bonds is 10. The number of amides is 1. The molecule has 1 amide bonds. The Bertz CT molecular complexity index is 1100. The van der Waals surface area contributed by atoms with Crippen LogP contribution in [-0.4, -0.2) is 72.1 Å². The standard InChI is InChI=1S/C25H33ClN2O6S/c1-4-20(16-27(5-2)35(3,32)33)28-23(17-10-7-6-8-11-17)24(18-12-9-13-19(26)14-18)34-21(25(28)31)15-22(29)30/h7,9-14,20-21,23-24H,4-6,8,15-16H2,1-3H3,(H,29,30). The molecular formula is C25H33ClN2O6S. The second kappa shape index (κ2) is 11.7. The van der Waals surface area contributed by atoms with Crippen molar-refractivity contribution in [2.75, 3.05) is 19.3 Å². The maximum atomic E-state index is 13.8. The molecule has 8 nitrogen and oxygen atoms in total. The average Bonchev–Trinajstić information content (AvgIpc) is 2.80. The minimum absolute atomic E-state index is 0.104. The summed E-state index contributed by atoms with van der Waals surface area (Å²) in [7, 11) is -3.50. The summed E-state index contributed by atoms with van der Waals surface area (Å²) in [6, 6.07) is 6.08. The van der Waals surface area contributed by atoms with Crippen LogP contribution in [0.5, 0.6) is 0 Å². The van der Waals surface area contributed by atoms with Crippen molar-refractivity contribution in [3.63, 3.8) is 0 Å². The molecule has 1 aliphatic heterocycles. The smallest absolute Gasteiger partial charge is 0.306 e. The highest BCUT2D eigenvalue weighted by molar-refractivity contribution is 7.88. The van der Waals surface area contributed by atoms with Crippen LogP contribution < -0.4 is 0 Å². The van der Waals surface area contributed by atoms with Gasteiger partial charge >= 0.3 is 5.97 Å². The predicted molar refractivity (Wildman–Crippen MR) is 135 cm³/mol. The van der Waals surface area contributed by atoms with E-state index in [1.54, 1.807) is 30.0 Å². The molecule has 0 radical (unpaired) electrons. The van der Waals surface area contributed by atoms with Crippen LogP contribution >= 0.6 is 11.6 Å². The molecule has 1 N–H and O–H groups in total. The summed E-state index contributed by atoms with van der Waals surface area (Å²) in [4.78, 5) is 27.0. The molecule has 2 aliphatic rings. The number of aliphatic carboxylic acids is 1. The normalized spacial score (nSPS) is 23.9. The van der Waals surface area contributed by atoms with Crippen LogP contribution in [0, 0.1) is 0 Å². The molecule has 0 bridgehead atoms. The fourth-order valence-electron chi connectivity index (χ4n) is 4.74. The van der Waals surface area contributed by atoms with E-state index in [-0.39, 0.29) is 13.1 Å². The molecule has 1 fully saturated rings. The molecule has 0 saturated carbocycles. The highest BCUT2D eigenvalue weighted by Crippen LogP contribution is 2.40. The third kappa shape index (κ3) is 6.52. The fourth-order valence-corrected chi connectivity index (χ4v) is 5.85. The number of carboxylic acid groups (broad SMARTS) is 1. The van der Waals surface area contributed by atoms with Crippen molar-refractivity contribution in [2.24, 2.45) is 0 Å². The van der Waals surface area contributed by atoms with Gasteiger partial charge in [-0.25, -0.2) is 12.7 Å². The number of carbonyl (C=O) groups is 2. The van der Waals surface area contributed by atoms with Gasteiger partial charge in [-0.1, -0.05) is 55.8 Å². The second-order valence-electron chi connectivity index (χ2n) is 8.85. The number of likely N-dealkylation sites (N-methyl/N-ethyl adjacent to an activating group) is 1. The van der Waals surface area contributed by atoms with Crippen LogP contribution in [0.4, 0.5) is 0 Å². The lowest BCUT2D eigenvalue weighted by Crippen LogP contribution is -2.61. The van der Waals surface area contributed by atoms with E-state index in [1.807, 2.05) is 25.1 Å². The third-order valence-electron chi connectivity index (χ3n) is 6.43. The van der Waals surface area contributed by atoms with Gasteiger partial charge in [-0.15, -0.1) is 0 Å². The van der Waals surface area contributed by atoms with E-state index in [0.717, 1.165) is 30.2 Å². The number of hydrogen-bond acceptors (Lipinski definition) is 5.